The van der Waals surface area contributed by atoms with Crippen molar-refractivity contribution < 1.29 is 13.2 Å². The molecule has 0 N–H and O–H groups in total. The fourth-order valence-electron chi connectivity index (χ4n) is 1.94. The molecule has 0 aliphatic rings. The predicted octanol–water partition coefficient (Wildman–Crippen LogP) is 2.22. The van der Waals surface area contributed by atoms with Crippen LogP contribution in [-0.2, 0) is 14.8 Å². The third-order valence-corrected chi connectivity index (χ3v) is 5.45. The van der Waals surface area contributed by atoms with Gasteiger partial charge < -0.3 is 0 Å². The van der Waals surface area contributed by atoms with Crippen LogP contribution in [0.3, 0.4) is 0 Å². The lowest BCUT2D eigenvalue weighted by Gasteiger charge is -2.21. The van der Waals surface area contributed by atoms with Crippen LogP contribution in [0.5, 0.6) is 0 Å². The first kappa shape index (κ1) is 18.3. The van der Waals surface area contributed by atoms with E-state index in [-0.39, 0.29) is 19.0 Å². The van der Waals surface area contributed by atoms with Crippen LogP contribution >= 0.6 is 11.3 Å². The van der Waals surface area contributed by atoms with E-state index in [1.54, 1.807) is 6.08 Å². The van der Waals surface area contributed by atoms with Crippen LogP contribution in [0.15, 0.2) is 48.4 Å². The normalized spacial score (nSPS) is 11.5. The van der Waals surface area contributed by atoms with Gasteiger partial charge in [-0.2, -0.15) is 4.31 Å². The molecule has 0 saturated carbocycles. The van der Waals surface area contributed by atoms with E-state index in [0.29, 0.717) is 5.13 Å². The van der Waals surface area contributed by atoms with Gasteiger partial charge in [-0.3, -0.25) is 9.69 Å². The van der Waals surface area contributed by atoms with Crippen molar-refractivity contribution in [3.8, 4) is 11.3 Å². The average Bonchev–Trinajstić information content (AvgIpc) is 3.02. The largest absolute Gasteiger partial charge is 0.283 e. The van der Waals surface area contributed by atoms with Gasteiger partial charge in [0, 0.05) is 24.5 Å². The van der Waals surface area contributed by atoms with Gasteiger partial charge in [-0.25, -0.2) is 13.4 Å². The fourth-order valence-corrected chi connectivity index (χ4v) is 3.14. The van der Waals surface area contributed by atoms with E-state index >= 15 is 0 Å². The van der Waals surface area contributed by atoms with Crippen LogP contribution in [0.1, 0.15) is 0 Å². The second-order valence-corrected chi connectivity index (χ2v) is 8.12. The number of likely N-dealkylation sites (N-methyl/N-ethyl adjacent to an activating group) is 1. The molecule has 8 heteroatoms. The van der Waals surface area contributed by atoms with Crippen molar-refractivity contribution in [1.29, 1.82) is 0 Å². The van der Waals surface area contributed by atoms with E-state index in [4.69, 9.17) is 0 Å². The molecule has 0 radical (unpaired) electrons. The van der Waals surface area contributed by atoms with E-state index < -0.39 is 10.0 Å². The Balaban J connectivity index is 2.23. The molecule has 128 valence electrons. The van der Waals surface area contributed by atoms with Gasteiger partial charge in [-0.15, -0.1) is 17.9 Å². The zero-order valence-corrected chi connectivity index (χ0v) is 15.2. The topological polar surface area (TPSA) is 70.6 Å². The van der Waals surface area contributed by atoms with Crippen molar-refractivity contribution in [3.63, 3.8) is 0 Å². The Morgan fingerprint density at radius 1 is 1.33 bits per heavy atom. The Kier molecular flexibility index (Phi) is 5.87. The summed E-state index contributed by atoms with van der Waals surface area (Å²) >= 11 is 1.33. The number of carbonyl (C=O) groups is 1. The first-order chi connectivity index (χ1) is 11.3. The summed E-state index contributed by atoms with van der Waals surface area (Å²) in [4.78, 5) is 18.4. The number of benzene rings is 1. The van der Waals surface area contributed by atoms with Crippen molar-refractivity contribution in [3.05, 3.63) is 48.4 Å². The molecule has 0 unspecified atom stereocenters. The maximum Gasteiger partial charge on any atom is 0.244 e. The van der Waals surface area contributed by atoms with Crippen molar-refractivity contribution in [1.82, 2.24) is 9.29 Å². The van der Waals surface area contributed by atoms with E-state index in [2.05, 4.69) is 11.6 Å². The van der Waals surface area contributed by atoms with Gasteiger partial charge in [-0.1, -0.05) is 36.4 Å². The Morgan fingerprint density at radius 3 is 2.58 bits per heavy atom. The third-order valence-electron chi connectivity index (χ3n) is 3.33. The molecular formula is C16H19N3O3S2. The SMILES string of the molecule is C=CCN(C(=O)CN(C)S(C)(=O)=O)c1nc(-c2ccccc2)cs1. The van der Waals surface area contributed by atoms with Gasteiger partial charge in [0.05, 0.1) is 18.5 Å². The Morgan fingerprint density at radius 2 is 2.00 bits per heavy atom. The Bertz CT molecular complexity index is 816. The zero-order chi connectivity index (χ0) is 17.7. The number of hydrogen-bond donors (Lipinski definition) is 0. The minimum absolute atomic E-state index is 0.243. The van der Waals surface area contributed by atoms with Crippen LogP contribution in [0.2, 0.25) is 0 Å². The van der Waals surface area contributed by atoms with E-state index in [0.717, 1.165) is 21.8 Å². The summed E-state index contributed by atoms with van der Waals surface area (Å²) in [7, 11) is -2.05. The number of hydrogen-bond acceptors (Lipinski definition) is 5. The van der Waals surface area contributed by atoms with Crippen molar-refractivity contribution in [2.24, 2.45) is 0 Å². The molecule has 0 spiro atoms. The quantitative estimate of drug-likeness (QED) is 0.706. The average molecular weight is 365 g/mol. The summed E-state index contributed by atoms with van der Waals surface area (Å²) in [6.45, 7) is 3.67. The van der Waals surface area contributed by atoms with Crippen LogP contribution in [0, 0.1) is 0 Å². The highest BCUT2D eigenvalue weighted by Crippen LogP contribution is 2.27. The number of sulfonamides is 1. The van der Waals surface area contributed by atoms with E-state index in [1.807, 2.05) is 35.7 Å². The van der Waals surface area contributed by atoms with Crippen molar-refractivity contribution in [2.45, 2.75) is 0 Å². The minimum atomic E-state index is -3.42. The summed E-state index contributed by atoms with van der Waals surface area (Å²) in [5, 5.41) is 2.38. The van der Waals surface area contributed by atoms with Crippen LogP contribution in [-0.4, -0.2) is 50.0 Å². The smallest absolute Gasteiger partial charge is 0.244 e. The lowest BCUT2D eigenvalue weighted by molar-refractivity contribution is -0.118. The van der Waals surface area contributed by atoms with Crippen LogP contribution < -0.4 is 4.90 Å². The molecule has 2 aromatic rings. The summed E-state index contributed by atoms with van der Waals surface area (Å²) in [5.41, 5.74) is 1.73. The third kappa shape index (κ3) is 4.50. The van der Waals surface area contributed by atoms with Gasteiger partial charge in [0.1, 0.15) is 0 Å². The molecule has 0 saturated heterocycles. The molecule has 24 heavy (non-hydrogen) atoms. The van der Waals surface area contributed by atoms with Crippen LogP contribution in [0.25, 0.3) is 11.3 Å². The number of nitrogens with zero attached hydrogens (tertiary/aromatic N) is 3. The maximum absolute atomic E-state index is 12.5. The predicted molar refractivity (Wildman–Crippen MR) is 97.6 cm³/mol. The van der Waals surface area contributed by atoms with Crippen molar-refractivity contribution >= 4 is 32.4 Å². The number of rotatable bonds is 7. The molecule has 1 amide bonds. The highest BCUT2D eigenvalue weighted by atomic mass is 32.2. The summed E-state index contributed by atoms with van der Waals surface area (Å²) in [5.74, 6) is -0.350. The fraction of sp³-hybridized carbons (Fsp3) is 0.250. The first-order valence-corrected chi connectivity index (χ1v) is 9.89. The highest BCUT2D eigenvalue weighted by molar-refractivity contribution is 7.88. The van der Waals surface area contributed by atoms with Gasteiger partial charge in [-0.05, 0) is 0 Å². The molecule has 2 rings (SSSR count). The summed E-state index contributed by atoms with van der Waals surface area (Å²) in [6.07, 6.45) is 2.65. The van der Waals surface area contributed by atoms with Gasteiger partial charge in [0.25, 0.3) is 0 Å². The minimum Gasteiger partial charge on any atom is -0.283 e. The molecule has 1 aromatic heterocycles. The number of aromatic nitrogens is 1. The standard InChI is InChI=1S/C16H19N3O3S2/c1-4-10-19(15(20)11-18(2)24(3,21)22)16-17-14(12-23-16)13-8-6-5-7-9-13/h4-9,12H,1,10-11H2,2-3H3. The summed E-state index contributed by atoms with van der Waals surface area (Å²) < 4.78 is 24.0. The maximum atomic E-state index is 12.5. The number of thiazole rings is 1. The lowest BCUT2D eigenvalue weighted by atomic mass is 10.2. The highest BCUT2D eigenvalue weighted by Gasteiger charge is 2.22. The molecule has 0 aliphatic heterocycles. The second kappa shape index (κ2) is 7.69. The molecule has 0 fully saturated rings. The number of amides is 1. The molecule has 0 aliphatic carbocycles. The van der Waals surface area contributed by atoms with Gasteiger partial charge in [0.2, 0.25) is 15.9 Å². The number of anilines is 1. The van der Waals surface area contributed by atoms with E-state index in [1.165, 1.54) is 23.3 Å². The molecule has 6 nitrogen and oxygen atoms in total. The summed E-state index contributed by atoms with van der Waals surface area (Å²) in [6, 6.07) is 9.64. The Labute approximate surface area is 146 Å². The second-order valence-electron chi connectivity index (χ2n) is 5.19. The zero-order valence-electron chi connectivity index (χ0n) is 13.5. The van der Waals surface area contributed by atoms with Crippen LogP contribution in [0.4, 0.5) is 5.13 Å². The Hall–Kier alpha value is -2.03. The first-order valence-electron chi connectivity index (χ1n) is 7.16. The van der Waals surface area contributed by atoms with E-state index in [9.17, 15) is 13.2 Å². The van der Waals surface area contributed by atoms with Gasteiger partial charge in [0.15, 0.2) is 5.13 Å². The molecule has 1 aromatic carbocycles. The molecule has 0 atom stereocenters. The molecular weight excluding hydrogens is 346 g/mol. The number of carbonyl (C=O) groups excluding carboxylic acids is 1. The molecule has 1 heterocycles. The lowest BCUT2D eigenvalue weighted by Crippen LogP contribution is -2.41. The molecule has 0 bridgehead atoms. The monoisotopic (exact) mass is 365 g/mol. The van der Waals surface area contributed by atoms with Gasteiger partial charge >= 0.3 is 0 Å². The van der Waals surface area contributed by atoms with Crippen molar-refractivity contribution in [2.75, 3.05) is 31.3 Å².